The normalized spacial score (nSPS) is 18.8. The number of rotatable bonds is 14. The van der Waals surface area contributed by atoms with E-state index in [-0.39, 0.29) is 60.2 Å². The van der Waals surface area contributed by atoms with Gasteiger partial charge in [-0.25, -0.2) is 27.8 Å². The van der Waals surface area contributed by atoms with E-state index >= 15 is 4.39 Å². The largest absolute Gasteiger partial charge is 0.457 e. The number of hydrogen-bond acceptors (Lipinski definition) is 12. The van der Waals surface area contributed by atoms with Crippen molar-refractivity contribution in [3.8, 4) is 11.5 Å². The highest BCUT2D eigenvalue weighted by Gasteiger charge is 2.50. The fourth-order valence-corrected chi connectivity index (χ4v) is 9.57. The van der Waals surface area contributed by atoms with Gasteiger partial charge in [-0.15, -0.1) is 4.68 Å². The molecule has 5 aromatic rings. The minimum Gasteiger partial charge on any atom is -0.457 e. The molecule has 1 saturated heterocycles. The predicted molar refractivity (Wildman–Crippen MR) is 253 cm³/mol. The number of urea groups is 1. The summed E-state index contributed by atoms with van der Waals surface area (Å²) in [5.74, 6) is -0.213. The Morgan fingerprint density at radius 1 is 1.01 bits per heavy atom. The number of nitrogens with zero attached hydrogens (tertiary/aromatic N) is 8. The molecule has 0 aliphatic carbocycles. The van der Waals surface area contributed by atoms with Crippen molar-refractivity contribution in [1.29, 1.82) is 0 Å². The molecule has 3 aliphatic heterocycles. The first kappa shape index (κ1) is 47.9. The van der Waals surface area contributed by atoms with Crippen molar-refractivity contribution in [3.63, 3.8) is 0 Å². The summed E-state index contributed by atoms with van der Waals surface area (Å²) in [6, 6.07) is 28.0. The van der Waals surface area contributed by atoms with E-state index in [9.17, 15) is 23.2 Å². The smallest absolute Gasteiger partial charge is 0.407 e. The number of hydrazone groups is 2. The van der Waals surface area contributed by atoms with E-state index in [0.29, 0.717) is 53.5 Å². The van der Waals surface area contributed by atoms with Crippen molar-refractivity contribution in [3.05, 3.63) is 155 Å². The third-order valence-electron chi connectivity index (χ3n) is 11.7. The minimum atomic E-state index is -1.29. The number of ether oxygens (including phenoxy) is 2. The molecule has 0 radical (unpaired) electrons. The van der Waals surface area contributed by atoms with Gasteiger partial charge < -0.3 is 25.4 Å². The van der Waals surface area contributed by atoms with Crippen LogP contribution in [-0.2, 0) is 19.2 Å². The standard InChI is InChI=1S/C49H47F3N10O6S/c1-31(67-47(64)54-24-11-23-49(34-13-6-4-7-14-34)62(48(65)59(2)66-3)58-45(69-49)38-26-35(51)19-22-40(38)52)39(27-50)46(63)60-25-10-12-32(28-60)29-61-44-41(43(53)55-30-56-44)42(57-61)33-17-20-37(21-18-33)68-36-15-8-5-9-16-36/h4-9,13-22,26-27,29-32H,10-12,23-25,28H2,1-3H3,(H2-,53,54,55,56,57,64)/p+1/b39-27+,61-29+/t31?,32?,49-/m0/s1. The van der Waals surface area contributed by atoms with Crippen molar-refractivity contribution < 1.29 is 46.6 Å². The van der Waals surface area contributed by atoms with Gasteiger partial charge in [-0.2, -0.15) is 15.1 Å². The zero-order valence-electron chi connectivity index (χ0n) is 37.8. The molecule has 3 atom stereocenters. The summed E-state index contributed by atoms with van der Waals surface area (Å²) in [6.07, 6.45) is 2.85. The average molecular weight is 962 g/mol. The molecular weight excluding hydrogens is 914 g/mol. The Hall–Kier alpha value is -7.58. The number of thioether (sulfide) groups is 1. The number of nitrogens with one attached hydrogen (secondary N) is 1. The van der Waals surface area contributed by atoms with E-state index in [1.165, 1.54) is 32.3 Å². The number of alkyl carbamates (subject to hydrolysis) is 1. The van der Waals surface area contributed by atoms with Crippen LogP contribution < -0.4 is 15.8 Å². The maximum absolute atomic E-state index is 15.1. The highest BCUT2D eigenvalue weighted by Crippen LogP contribution is 2.51. The van der Waals surface area contributed by atoms with E-state index < -0.39 is 40.6 Å². The molecule has 16 nitrogen and oxygen atoms in total. The zero-order valence-corrected chi connectivity index (χ0v) is 38.6. The summed E-state index contributed by atoms with van der Waals surface area (Å²) in [5.41, 5.74) is 8.37. The topological polar surface area (TPSA) is 180 Å². The van der Waals surface area contributed by atoms with E-state index in [1.807, 2.05) is 60.8 Å². The van der Waals surface area contributed by atoms with Gasteiger partial charge in [-0.3, -0.25) is 9.63 Å². The number of hydrogen-bond donors (Lipinski definition) is 2. The number of carbonyl (C=O) groups is 3. The molecule has 4 heterocycles. The van der Waals surface area contributed by atoms with E-state index in [0.717, 1.165) is 45.6 Å². The number of halogens is 3. The molecule has 2 unspecified atom stereocenters. The van der Waals surface area contributed by atoms with Crippen molar-refractivity contribution in [1.82, 2.24) is 30.3 Å². The lowest BCUT2D eigenvalue weighted by atomic mass is 9.98. The van der Waals surface area contributed by atoms with Crippen molar-refractivity contribution >= 4 is 58.4 Å². The van der Waals surface area contributed by atoms with Crippen molar-refractivity contribution in [2.45, 2.75) is 43.6 Å². The van der Waals surface area contributed by atoms with Crippen LogP contribution in [-0.4, -0.2) is 105 Å². The molecule has 4 aromatic carbocycles. The first-order chi connectivity index (χ1) is 33.4. The molecule has 69 heavy (non-hydrogen) atoms. The van der Waals surface area contributed by atoms with Crippen LogP contribution in [0.15, 0.2) is 132 Å². The molecular formula is C49H48F3N10O6S+. The Bertz CT molecular complexity index is 2840. The lowest BCUT2D eigenvalue weighted by Gasteiger charge is -2.37. The Morgan fingerprint density at radius 2 is 1.74 bits per heavy atom. The van der Waals surface area contributed by atoms with Crippen LogP contribution in [0.3, 0.4) is 0 Å². The van der Waals surface area contributed by atoms with Gasteiger partial charge in [0.15, 0.2) is 0 Å². The lowest BCUT2D eigenvalue weighted by Crippen LogP contribution is -2.47. The van der Waals surface area contributed by atoms with Gasteiger partial charge in [0.2, 0.25) is 6.33 Å². The molecule has 1 aromatic heterocycles. The number of carbonyl (C=O) groups excluding carboxylic acids is 3. The Balaban J connectivity index is 0.905. The maximum atomic E-state index is 15.1. The van der Waals surface area contributed by atoms with E-state index in [2.05, 4.69) is 20.4 Å². The van der Waals surface area contributed by atoms with E-state index in [1.54, 1.807) is 35.0 Å². The average Bonchev–Trinajstić information content (AvgIpc) is 3.94. The number of anilines is 1. The zero-order chi connectivity index (χ0) is 48.7. The summed E-state index contributed by atoms with van der Waals surface area (Å²) in [6.45, 7) is 1.97. The molecule has 356 valence electrons. The summed E-state index contributed by atoms with van der Waals surface area (Å²) >= 11 is 1.06. The molecule has 4 amide bonds. The third kappa shape index (κ3) is 10.5. The summed E-state index contributed by atoms with van der Waals surface area (Å²) in [5, 5.41) is 14.2. The number of piperidine rings is 1. The lowest BCUT2D eigenvalue weighted by molar-refractivity contribution is -0.442. The third-order valence-corrected chi connectivity index (χ3v) is 13.1. The molecule has 3 N–H and O–H groups in total. The van der Waals surface area contributed by atoms with Gasteiger partial charge >= 0.3 is 17.9 Å². The molecule has 1 fully saturated rings. The highest BCUT2D eigenvalue weighted by molar-refractivity contribution is 8.15. The fourth-order valence-electron chi connectivity index (χ4n) is 8.15. The minimum absolute atomic E-state index is 0.00708. The number of nitrogen functional groups attached to an aromatic ring is 1. The van der Waals surface area contributed by atoms with Crippen LogP contribution in [0, 0.1) is 17.6 Å². The molecule has 20 heteroatoms. The molecule has 0 saturated carbocycles. The van der Waals surface area contributed by atoms with Crippen LogP contribution in [0.4, 0.5) is 34.4 Å². The fraction of sp³-hybridized carbons (Fsp3) is 0.265. The number of fused-ring (bicyclic) bond motifs is 1. The SMILES string of the molecule is CON(C)C(=O)N1N=C(c2cc(F)ccc2F)S[C@@]1(CCCNC(=O)OC(C)/C(=C\F)C(=O)N1CCCC(/C=[N+]2/N=C(c3ccc(Oc4ccccc4)cc3)c3c(N)ncnc32)C1)c1ccccc1. The Kier molecular flexibility index (Phi) is 14.7. The van der Waals surface area contributed by atoms with Crippen molar-refractivity contribution in [2.24, 2.45) is 16.1 Å². The molecule has 3 aliphatic rings. The quantitative estimate of drug-likeness (QED) is 0.0475. The second-order valence-electron chi connectivity index (χ2n) is 16.2. The second kappa shape index (κ2) is 21.2. The Labute approximate surface area is 399 Å². The monoisotopic (exact) mass is 961 g/mol. The van der Waals surface area contributed by atoms with Gasteiger partial charge in [0.25, 0.3) is 5.91 Å². The maximum Gasteiger partial charge on any atom is 0.407 e. The number of para-hydroxylation sites is 1. The number of likely N-dealkylation sites (tertiary alicyclic amines) is 1. The van der Waals surface area contributed by atoms with Crippen LogP contribution in [0.25, 0.3) is 0 Å². The summed E-state index contributed by atoms with van der Waals surface area (Å²) < 4.78 is 57.2. The highest BCUT2D eigenvalue weighted by atomic mass is 32.2. The van der Waals surface area contributed by atoms with Crippen LogP contribution in [0.5, 0.6) is 11.5 Å². The van der Waals surface area contributed by atoms with Gasteiger partial charge in [0.05, 0.1) is 19.0 Å². The van der Waals surface area contributed by atoms with Gasteiger partial charge in [-0.05, 0) is 97.8 Å². The molecule has 0 bridgehead atoms. The van der Waals surface area contributed by atoms with Crippen LogP contribution in [0.2, 0.25) is 0 Å². The second-order valence-corrected chi connectivity index (χ2v) is 17.5. The van der Waals surface area contributed by atoms with Gasteiger partial charge in [0.1, 0.15) is 62.5 Å². The first-order valence-corrected chi connectivity index (χ1v) is 22.8. The first-order valence-electron chi connectivity index (χ1n) is 22.0. The van der Waals surface area contributed by atoms with Crippen molar-refractivity contribution in [2.75, 3.05) is 39.5 Å². The van der Waals surface area contributed by atoms with Gasteiger partial charge in [0, 0.05) is 43.7 Å². The van der Waals surface area contributed by atoms with E-state index in [4.69, 9.17) is 25.1 Å². The number of amides is 4. The van der Waals surface area contributed by atoms with Gasteiger partial charge in [-0.1, -0.05) is 65.4 Å². The predicted octanol–water partition coefficient (Wildman–Crippen LogP) is 8.47. The summed E-state index contributed by atoms with van der Waals surface area (Å²) in [4.78, 5) is 54.9. The molecule has 0 spiro atoms. The number of aromatic nitrogens is 2. The number of benzene rings is 4. The summed E-state index contributed by atoms with van der Waals surface area (Å²) in [7, 11) is 2.69. The Morgan fingerprint density at radius 3 is 2.46 bits per heavy atom. The van der Waals surface area contributed by atoms with Crippen LogP contribution in [0.1, 0.15) is 54.9 Å². The number of hydroxylamine groups is 2. The van der Waals surface area contributed by atoms with Crippen LogP contribution >= 0.6 is 11.8 Å². The molecule has 8 rings (SSSR count). The number of nitrogens with two attached hydrogens (primary N) is 1.